The number of hydrogen-bond donors (Lipinski definition) is 2. The van der Waals surface area contributed by atoms with Crippen molar-refractivity contribution in [1.82, 2.24) is 5.32 Å². The van der Waals surface area contributed by atoms with E-state index in [4.69, 9.17) is 4.74 Å². The molecule has 0 bridgehead atoms. The molecule has 38 heavy (non-hydrogen) atoms. The van der Waals surface area contributed by atoms with Gasteiger partial charge in [-0.25, -0.2) is 0 Å². The lowest BCUT2D eigenvalue weighted by molar-refractivity contribution is -0.116. The topological polar surface area (TPSA) is 67.4 Å². The summed E-state index contributed by atoms with van der Waals surface area (Å²) in [6.07, 6.45) is 20.3. The standard InChI is InChI=1S/C33H50N2O3/c1-2-3-4-5-6-7-8-9-10-11-12-13-14-15-19-26-32(36)35-30-24-20-21-25-31(30)38-28-27-34-33(37)29-22-17-16-18-23-29/h16-18,20-25H,2-15,19,26-28H2,1H3,(H,34,37)(H,35,36). The molecule has 0 spiro atoms. The number of unbranched alkanes of at least 4 members (excludes halogenated alkanes) is 14. The van der Waals surface area contributed by atoms with Crippen LogP contribution in [0, 0.1) is 0 Å². The molecule has 0 atom stereocenters. The van der Waals surface area contributed by atoms with Crippen LogP contribution in [-0.4, -0.2) is 25.0 Å². The van der Waals surface area contributed by atoms with Crippen LogP contribution >= 0.6 is 0 Å². The minimum Gasteiger partial charge on any atom is -0.490 e. The van der Waals surface area contributed by atoms with E-state index in [0.717, 1.165) is 12.8 Å². The third kappa shape index (κ3) is 14.8. The minimum atomic E-state index is -0.126. The highest BCUT2D eigenvalue weighted by molar-refractivity contribution is 5.94. The Labute approximate surface area is 231 Å². The number of hydrogen-bond acceptors (Lipinski definition) is 3. The summed E-state index contributed by atoms with van der Waals surface area (Å²) in [7, 11) is 0. The third-order valence-electron chi connectivity index (χ3n) is 6.85. The Balaban J connectivity index is 1.48. The number of rotatable bonds is 22. The number of anilines is 1. The van der Waals surface area contributed by atoms with E-state index in [9.17, 15) is 9.59 Å². The summed E-state index contributed by atoms with van der Waals surface area (Å²) in [4.78, 5) is 24.6. The highest BCUT2D eigenvalue weighted by Gasteiger charge is 2.08. The molecule has 0 aliphatic carbocycles. The van der Waals surface area contributed by atoms with Crippen molar-refractivity contribution in [2.24, 2.45) is 0 Å². The van der Waals surface area contributed by atoms with Crippen molar-refractivity contribution < 1.29 is 14.3 Å². The van der Waals surface area contributed by atoms with Gasteiger partial charge in [-0.3, -0.25) is 9.59 Å². The number of carbonyl (C=O) groups is 2. The molecule has 2 aromatic rings. The fraction of sp³-hybridized carbons (Fsp3) is 0.576. The molecule has 2 aromatic carbocycles. The summed E-state index contributed by atoms with van der Waals surface area (Å²) in [6, 6.07) is 16.6. The molecule has 5 nitrogen and oxygen atoms in total. The van der Waals surface area contributed by atoms with Gasteiger partial charge in [-0.2, -0.15) is 0 Å². The van der Waals surface area contributed by atoms with Crippen LogP contribution in [-0.2, 0) is 4.79 Å². The molecule has 0 heterocycles. The lowest BCUT2D eigenvalue weighted by atomic mass is 10.0. The highest BCUT2D eigenvalue weighted by Crippen LogP contribution is 2.24. The second-order valence-electron chi connectivity index (χ2n) is 10.2. The third-order valence-corrected chi connectivity index (χ3v) is 6.85. The Morgan fingerprint density at radius 2 is 1.18 bits per heavy atom. The molecular weight excluding hydrogens is 472 g/mol. The lowest BCUT2D eigenvalue weighted by Crippen LogP contribution is -2.28. The Kier molecular flexibility index (Phi) is 17.5. The molecule has 0 saturated heterocycles. The van der Waals surface area contributed by atoms with Crippen LogP contribution in [0.1, 0.15) is 120 Å². The average molecular weight is 523 g/mol. The van der Waals surface area contributed by atoms with E-state index in [0.29, 0.717) is 36.6 Å². The van der Waals surface area contributed by atoms with Crippen LogP contribution in [0.5, 0.6) is 5.75 Å². The van der Waals surface area contributed by atoms with Crippen molar-refractivity contribution in [3.8, 4) is 5.75 Å². The van der Waals surface area contributed by atoms with E-state index in [1.807, 2.05) is 42.5 Å². The molecule has 0 aliphatic rings. The van der Waals surface area contributed by atoms with Gasteiger partial charge in [0.2, 0.25) is 5.91 Å². The Morgan fingerprint density at radius 3 is 1.79 bits per heavy atom. The minimum absolute atomic E-state index is 0.0214. The van der Waals surface area contributed by atoms with Crippen LogP contribution < -0.4 is 15.4 Å². The first-order valence-corrected chi connectivity index (χ1v) is 15.1. The van der Waals surface area contributed by atoms with Crippen LogP contribution in [0.2, 0.25) is 0 Å². The SMILES string of the molecule is CCCCCCCCCCCCCCCCCC(=O)Nc1ccccc1OCCNC(=O)c1ccccc1. The van der Waals surface area contributed by atoms with Gasteiger partial charge in [0, 0.05) is 12.0 Å². The Hall–Kier alpha value is -2.82. The number of carbonyl (C=O) groups excluding carboxylic acids is 2. The maximum Gasteiger partial charge on any atom is 0.251 e. The van der Waals surface area contributed by atoms with Gasteiger partial charge in [-0.1, -0.05) is 127 Å². The molecule has 0 aliphatic heterocycles. The summed E-state index contributed by atoms with van der Waals surface area (Å²) in [5.41, 5.74) is 1.30. The second-order valence-corrected chi connectivity index (χ2v) is 10.2. The molecule has 210 valence electrons. The zero-order chi connectivity index (χ0) is 27.1. The van der Waals surface area contributed by atoms with Gasteiger partial charge in [-0.15, -0.1) is 0 Å². The maximum absolute atomic E-state index is 12.5. The first-order chi connectivity index (χ1) is 18.7. The fourth-order valence-electron chi connectivity index (χ4n) is 4.58. The van der Waals surface area contributed by atoms with Gasteiger partial charge in [-0.05, 0) is 30.7 Å². The smallest absolute Gasteiger partial charge is 0.251 e. The number of para-hydroxylation sites is 2. The summed E-state index contributed by atoms with van der Waals surface area (Å²) in [5, 5.41) is 5.83. The van der Waals surface area contributed by atoms with E-state index in [1.165, 1.54) is 83.5 Å². The van der Waals surface area contributed by atoms with Gasteiger partial charge in [0.1, 0.15) is 12.4 Å². The molecule has 0 unspecified atom stereocenters. The van der Waals surface area contributed by atoms with Crippen LogP contribution in [0.25, 0.3) is 0 Å². The summed E-state index contributed by atoms with van der Waals surface area (Å²) < 4.78 is 5.83. The van der Waals surface area contributed by atoms with Crippen molar-refractivity contribution in [2.45, 2.75) is 110 Å². The largest absolute Gasteiger partial charge is 0.490 e. The zero-order valence-corrected chi connectivity index (χ0v) is 23.6. The molecule has 2 N–H and O–H groups in total. The summed E-state index contributed by atoms with van der Waals surface area (Å²) >= 11 is 0. The van der Waals surface area contributed by atoms with Gasteiger partial charge in [0.15, 0.2) is 0 Å². The molecule has 2 rings (SSSR count). The normalized spacial score (nSPS) is 10.8. The van der Waals surface area contributed by atoms with Gasteiger partial charge in [0.25, 0.3) is 5.91 Å². The van der Waals surface area contributed by atoms with E-state index in [2.05, 4.69) is 17.6 Å². The van der Waals surface area contributed by atoms with Crippen molar-refractivity contribution in [3.63, 3.8) is 0 Å². The first-order valence-electron chi connectivity index (χ1n) is 15.1. The van der Waals surface area contributed by atoms with Crippen molar-refractivity contribution in [1.29, 1.82) is 0 Å². The molecule has 0 aromatic heterocycles. The number of benzene rings is 2. The molecule has 2 amide bonds. The number of ether oxygens (including phenoxy) is 1. The first kappa shape index (κ1) is 31.4. The monoisotopic (exact) mass is 522 g/mol. The Morgan fingerprint density at radius 1 is 0.658 bits per heavy atom. The molecule has 5 heteroatoms. The molecule has 0 saturated carbocycles. The predicted molar refractivity (Wildman–Crippen MR) is 159 cm³/mol. The van der Waals surface area contributed by atoms with E-state index in [-0.39, 0.29) is 11.8 Å². The lowest BCUT2D eigenvalue weighted by Gasteiger charge is -2.13. The van der Waals surface area contributed by atoms with Crippen LogP contribution in [0.15, 0.2) is 54.6 Å². The van der Waals surface area contributed by atoms with E-state index in [1.54, 1.807) is 12.1 Å². The average Bonchev–Trinajstić information content (AvgIpc) is 2.94. The highest BCUT2D eigenvalue weighted by atomic mass is 16.5. The van der Waals surface area contributed by atoms with Gasteiger partial charge >= 0.3 is 0 Å². The van der Waals surface area contributed by atoms with Crippen LogP contribution in [0.4, 0.5) is 5.69 Å². The van der Waals surface area contributed by atoms with Crippen molar-refractivity contribution in [2.75, 3.05) is 18.5 Å². The van der Waals surface area contributed by atoms with Crippen LogP contribution in [0.3, 0.4) is 0 Å². The van der Waals surface area contributed by atoms with Gasteiger partial charge < -0.3 is 15.4 Å². The number of amides is 2. The molecule has 0 radical (unpaired) electrons. The quantitative estimate of drug-likeness (QED) is 0.152. The summed E-state index contributed by atoms with van der Waals surface area (Å²) in [6.45, 7) is 2.98. The van der Waals surface area contributed by atoms with Crippen molar-refractivity contribution >= 4 is 17.5 Å². The van der Waals surface area contributed by atoms with Gasteiger partial charge in [0.05, 0.1) is 12.2 Å². The zero-order valence-electron chi connectivity index (χ0n) is 23.6. The van der Waals surface area contributed by atoms with Crippen molar-refractivity contribution in [3.05, 3.63) is 60.2 Å². The fourth-order valence-corrected chi connectivity index (χ4v) is 4.58. The second kappa shape index (κ2) is 21.2. The maximum atomic E-state index is 12.5. The predicted octanol–water partition coefficient (Wildman–Crippen LogP) is 8.70. The number of nitrogens with one attached hydrogen (secondary N) is 2. The molecule has 0 fully saturated rings. The van der Waals surface area contributed by atoms with E-state index >= 15 is 0 Å². The molecular formula is C33H50N2O3. The van der Waals surface area contributed by atoms with E-state index < -0.39 is 0 Å². The summed E-state index contributed by atoms with van der Waals surface area (Å²) in [5.74, 6) is 0.513. The Bertz CT molecular complexity index is 885.